The fourth-order valence-electron chi connectivity index (χ4n) is 0.204. The SMILES string of the molecule is C[SH](C)(=O)CCCl. The van der Waals surface area contributed by atoms with E-state index in [9.17, 15) is 4.21 Å². The van der Waals surface area contributed by atoms with Gasteiger partial charge in [0.25, 0.3) is 0 Å². The summed E-state index contributed by atoms with van der Waals surface area (Å²) < 4.78 is 10.7. The van der Waals surface area contributed by atoms with Crippen LogP contribution in [0.4, 0.5) is 0 Å². The second kappa shape index (κ2) is 2.68. The van der Waals surface area contributed by atoms with Crippen molar-refractivity contribution in [1.82, 2.24) is 0 Å². The molecule has 0 unspecified atom stereocenters. The fraction of sp³-hybridized carbons (Fsp3) is 1.00. The largest absolute Gasteiger partial charge is 0.285 e. The number of alkyl halides is 1. The molecule has 0 radical (unpaired) electrons. The smallest absolute Gasteiger partial charge is 0.0319 e. The molecule has 1 nitrogen and oxygen atoms in total. The zero-order chi connectivity index (χ0) is 5.91. The van der Waals surface area contributed by atoms with Gasteiger partial charge < -0.3 is 0 Å². The average Bonchev–Trinajstić information content (AvgIpc) is 1.30. The molecular formula is C4H11ClOS. The fourth-order valence-corrected chi connectivity index (χ4v) is 1.83. The third-order valence-corrected chi connectivity index (χ3v) is 2.38. The van der Waals surface area contributed by atoms with E-state index in [1.165, 1.54) is 0 Å². The Balaban J connectivity index is 3.36. The summed E-state index contributed by atoms with van der Waals surface area (Å²) in [5.41, 5.74) is 0. The van der Waals surface area contributed by atoms with Gasteiger partial charge in [-0.1, -0.05) is 0 Å². The van der Waals surface area contributed by atoms with Gasteiger partial charge in [-0.05, 0) is 12.5 Å². The number of rotatable bonds is 2. The third-order valence-electron chi connectivity index (χ3n) is 0.623. The first-order valence-electron chi connectivity index (χ1n) is 2.16. The predicted molar refractivity (Wildman–Crippen MR) is 37.0 cm³/mol. The molecule has 0 aliphatic rings. The molecule has 0 aliphatic heterocycles. The molecule has 0 fully saturated rings. The standard InChI is InChI=1S/C4H11ClOS/c1-7(2,6)4-3-5/h7H,3-4H2,1-2H3. The summed E-state index contributed by atoms with van der Waals surface area (Å²) in [4.78, 5) is 0. The van der Waals surface area contributed by atoms with Gasteiger partial charge in [0.2, 0.25) is 0 Å². The van der Waals surface area contributed by atoms with Crippen molar-refractivity contribution < 1.29 is 4.21 Å². The molecule has 0 N–H and O–H groups in total. The first kappa shape index (κ1) is 7.44. The van der Waals surface area contributed by atoms with Crippen LogP contribution in [0.1, 0.15) is 0 Å². The quantitative estimate of drug-likeness (QED) is 0.439. The molecule has 0 aliphatic carbocycles. The van der Waals surface area contributed by atoms with Gasteiger partial charge in [0.05, 0.1) is 0 Å². The molecule has 46 valence electrons. The number of halogens is 1. The molecule has 0 heterocycles. The molecule has 0 spiro atoms. The Bertz CT molecular complexity index is 85.7. The highest BCUT2D eigenvalue weighted by atomic mass is 35.5. The zero-order valence-corrected chi connectivity index (χ0v) is 6.30. The molecule has 0 saturated carbocycles. The number of thiol groups is 1. The van der Waals surface area contributed by atoms with Crippen LogP contribution in [-0.2, 0) is 9.93 Å². The molecule has 0 atom stereocenters. The Morgan fingerprint density at radius 2 is 2.00 bits per heavy atom. The summed E-state index contributed by atoms with van der Waals surface area (Å²) in [5, 5.41) is 0. The van der Waals surface area contributed by atoms with E-state index in [4.69, 9.17) is 11.6 Å². The van der Waals surface area contributed by atoms with Crippen LogP contribution in [0.15, 0.2) is 0 Å². The lowest BCUT2D eigenvalue weighted by Crippen LogP contribution is -2.11. The minimum absolute atomic E-state index is 0.518. The van der Waals surface area contributed by atoms with Crippen molar-refractivity contribution in [3.63, 3.8) is 0 Å². The highest BCUT2D eigenvalue weighted by Gasteiger charge is 1.95. The van der Waals surface area contributed by atoms with E-state index in [0.717, 1.165) is 0 Å². The van der Waals surface area contributed by atoms with Gasteiger partial charge in [-0.3, -0.25) is 4.21 Å². The van der Waals surface area contributed by atoms with Crippen LogP contribution in [0, 0.1) is 0 Å². The monoisotopic (exact) mass is 142 g/mol. The van der Waals surface area contributed by atoms with Crippen LogP contribution in [0.2, 0.25) is 0 Å². The minimum atomic E-state index is -1.80. The highest BCUT2D eigenvalue weighted by molar-refractivity contribution is 8.01. The van der Waals surface area contributed by atoms with Gasteiger partial charge in [-0.15, -0.1) is 21.5 Å². The summed E-state index contributed by atoms with van der Waals surface area (Å²) in [6.45, 7) is 0. The van der Waals surface area contributed by atoms with Crippen LogP contribution >= 0.6 is 11.6 Å². The molecule has 0 aromatic heterocycles. The summed E-state index contributed by atoms with van der Waals surface area (Å²) >= 11 is 5.31. The third kappa shape index (κ3) is 6.44. The summed E-state index contributed by atoms with van der Waals surface area (Å²) in [6.07, 6.45) is 3.49. The minimum Gasteiger partial charge on any atom is -0.285 e. The zero-order valence-electron chi connectivity index (χ0n) is 4.65. The highest BCUT2D eigenvalue weighted by Crippen LogP contribution is 1.91. The molecule has 0 bridgehead atoms. The topological polar surface area (TPSA) is 17.1 Å². The van der Waals surface area contributed by atoms with E-state index in [1.807, 2.05) is 0 Å². The van der Waals surface area contributed by atoms with Gasteiger partial charge in [0.1, 0.15) is 0 Å². The maximum Gasteiger partial charge on any atom is 0.0319 e. The Labute approximate surface area is 50.5 Å². The first-order chi connectivity index (χ1) is 3.06. The van der Waals surface area contributed by atoms with Crippen molar-refractivity contribution in [3.8, 4) is 0 Å². The Morgan fingerprint density at radius 3 is 2.00 bits per heavy atom. The Hall–Kier alpha value is 0.440. The molecule has 0 rings (SSSR count). The van der Waals surface area contributed by atoms with Gasteiger partial charge >= 0.3 is 0 Å². The maximum absolute atomic E-state index is 10.7. The van der Waals surface area contributed by atoms with E-state index >= 15 is 0 Å². The van der Waals surface area contributed by atoms with Crippen LogP contribution < -0.4 is 0 Å². The summed E-state index contributed by atoms with van der Waals surface area (Å²) in [6, 6.07) is 0. The molecule has 0 aromatic rings. The van der Waals surface area contributed by atoms with E-state index < -0.39 is 9.93 Å². The summed E-state index contributed by atoms with van der Waals surface area (Å²) in [7, 11) is -1.80. The number of hydrogen-bond donors (Lipinski definition) is 1. The van der Waals surface area contributed by atoms with E-state index in [1.54, 1.807) is 12.5 Å². The van der Waals surface area contributed by atoms with Crippen molar-refractivity contribution in [2.24, 2.45) is 0 Å². The maximum atomic E-state index is 10.7. The summed E-state index contributed by atoms with van der Waals surface area (Å²) in [5.74, 6) is 1.18. The van der Waals surface area contributed by atoms with Crippen LogP contribution in [0.3, 0.4) is 0 Å². The lowest BCUT2D eigenvalue weighted by Gasteiger charge is -2.06. The molecule has 0 aromatic carbocycles. The lowest BCUT2D eigenvalue weighted by atomic mass is 11.0. The van der Waals surface area contributed by atoms with E-state index in [2.05, 4.69) is 0 Å². The van der Waals surface area contributed by atoms with Gasteiger partial charge in [0, 0.05) is 11.6 Å². The van der Waals surface area contributed by atoms with Crippen LogP contribution in [-0.4, -0.2) is 28.4 Å². The number of hydrogen-bond acceptors (Lipinski definition) is 1. The molecule has 0 amide bonds. The lowest BCUT2D eigenvalue weighted by molar-refractivity contribution is 0.679. The van der Waals surface area contributed by atoms with Crippen molar-refractivity contribution in [2.45, 2.75) is 0 Å². The van der Waals surface area contributed by atoms with Crippen LogP contribution in [0.5, 0.6) is 0 Å². The van der Waals surface area contributed by atoms with Crippen molar-refractivity contribution in [2.75, 3.05) is 24.1 Å². The van der Waals surface area contributed by atoms with Gasteiger partial charge in [-0.25, -0.2) is 0 Å². The molecular weight excluding hydrogens is 132 g/mol. The molecule has 0 saturated heterocycles. The van der Waals surface area contributed by atoms with Crippen molar-refractivity contribution in [3.05, 3.63) is 0 Å². The normalized spacial score (nSPS) is 14.1. The predicted octanol–water partition coefficient (Wildman–Crippen LogP) is 0.502. The second-order valence-electron chi connectivity index (χ2n) is 1.99. The molecule has 7 heavy (non-hydrogen) atoms. The molecule has 3 heteroatoms. The van der Waals surface area contributed by atoms with Crippen LogP contribution in [0.25, 0.3) is 0 Å². The first-order valence-corrected chi connectivity index (χ1v) is 5.48. The second-order valence-corrected chi connectivity index (χ2v) is 5.96. The van der Waals surface area contributed by atoms with E-state index in [-0.39, 0.29) is 0 Å². The average molecular weight is 143 g/mol. The Kier molecular flexibility index (Phi) is 2.84. The van der Waals surface area contributed by atoms with Crippen molar-refractivity contribution in [1.29, 1.82) is 0 Å². The van der Waals surface area contributed by atoms with Crippen molar-refractivity contribution >= 4 is 21.5 Å². The Morgan fingerprint density at radius 1 is 1.57 bits per heavy atom. The van der Waals surface area contributed by atoms with E-state index in [0.29, 0.717) is 11.6 Å². The van der Waals surface area contributed by atoms with Gasteiger partial charge in [-0.2, -0.15) is 0 Å². The van der Waals surface area contributed by atoms with Gasteiger partial charge in [0.15, 0.2) is 0 Å².